The van der Waals surface area contributed by atoms with Crippen molar-refractivity contribution in [1.82, 2.24) is 15.1 Å². The number of aromatic nitrogens is 2. The number of nitrogens with zero attached hydrogens (tertiary/aromatic N) is 2. The fraction of sp³-hybridized carbons (Fsp3) is 0.714. The van der Waals surface area contributed by atoms with Crippen molar-refractivity contribution >= 4 is 5.91 Å². The van der Waals surface area contributed by atoms with E-state index in [4.69, 9.17) is 0 Å². The Bertz CT molecular complexity index is 432. The maximum absolute atomic E-state index is 12.4. The van der Waals surface area contributed by atoms with Gasteiger partial charge in [-0.2, -0.15) is 5.10 Å². The van der Waals surface area contributed by atoms with Gasteiger partial charge in [0.2, 0.25) is 0 Å². The quantitative estimate of drug-likeness (QED) is 0.839. The van der Waals surface area contributed by atoms with Crippen LogP contribution in [0, 0.1) is 5.92 Å². The summed E-state index contributed by atoms with van der Waals surface area (Å²) in [4.78, 5) is 14.4. The molecule has 0 aliphatic heterocycles. The van der Waals surface area contributed by atoms with E-state index < -0.39 is 0 Å². The minimum absolute atomic E-state index is 0.104. The van der Waals surface area contributed by atoms with Crippen LogP contribution in [-0.4, -0.2) is 34.1 Å². The van der Waals surface area contributed by atoms with Crippen LogP contribution in [0.25, 0.3) is 0 Å². The summed E-state index contributed by atoms with van der Waals surface area (Å²) in [5.41, 5.74) is 1.74. The lowest BCUT2D eigenvalue weighted by molar-refractivity contribution is 0.0742. The van der Waals surface area contributed by atoms with Crippen LogP contribution in [0.3, 0.4) is 0 Å². The molecule has 0 unspecified atom stereocenters. The topological polar surface area (TPSA) is 49.0 Å². The standard InChI is InChI=1S/C14H21N3O/c1-2-7-17(9-10-3-4-10)14(18)13-8-12(15-16-13)11-5-6-11/h8,10-11H,2-7,9H2,1H3,(H,15,16). The molecule has 0 spiro atoms. The zero-order chi connectivity index (χ0) is 12.5. The van der Waals surface area contributed by atoms with E-state index in [0.717, 1.165) is 31.1 Å². The molecule has 2 saturated carbocycles. The number of nitrogens with one attached hydrogen (secondary N) is 1. The van der Waals surface area contributed by atoms with Gasteiger partial charge < -0.3 is 4.90 Å². The molecule has 2 fully saturated rings. The van der Waals surface area contributed by atoms with Gasteiger partial charge in [-0.25, -0.2) is 0 Å². The molecule has 0 atom stereocenters. The molecular weight excluding hydrogens is 226 g/mol. The first-order valence-electron chi connectivity index (χ1n) is 7.12. The molecule has 1 aromatic rings. The number of H-pyrrole nitrogens is 1. The van der Waals surface area contributed by atoms with E-state index in [0.29, 0.717) is 11.6 Å². The average Bonchev–Trinajstić information content (AvgIpc) is 3.29. The zero-order valence-corrected chi connectivity index (χ0v) is 11.0. The fourth-order valence-electron chi connectivity index (χ4n) is 2.37. The second kappa shape index (κ2) is 4.75. The number of hydrogen-bond donors (Lipinski definition) is 1. The number of hydrogen-bond acceptors (Lipinski definition) is 2. The highest BCUT2D eigenvalue weighted by atomic mass is 16.2. The van der Waals surface area contributed by atoms with Gasteiger partial charge in [0.1, 0.15) is 5.69 Å². The third-order valence-electron chi connectivity index (χ3n) is 3.79. The molecule has 4 nitrogen and oxygen atoms in total. The van der Waals surface area contributed by atoms with Gasteiger partial charge in [0.25, 0.3) is 5.91 Å². The van der Waals surface area contributed by atoms with Gasteiger partial charge in [0.15, 0.2) is 0 Å². The molecule has 1 aromatic heterocycles. The van der Waals surface area contributed by atoms with Crippen molar-refractivity contribution in [3.8, 4) is 0 Å². The van der Waals surface area contributed by atoms with Crippen molar-refractivity contribution in [3.05, 3.63) is 17.5 Å². The molecule has 0 aromatic carbocycles. The van der Waals surface area contributed by atoms with Gasteiger partial charge in [0.05, 0.1) is 0 Å². The molecule has 2 aliphatic rings. The normalized spacial score (nSPS) is 18.9. The summed E-state index contributed by atoms with van der Waals surface area (Å²) >= 11 is 0. The lowest BCUT2D eigenvalue weighted by Crippen LogP contribution is -2.33. The molecule has 4 heteroatoms. The highest BCUT2D eigenvalue weighted by Gasteiger charge is 2.30. The van der Waals surface area contributed by atoms with E-state index in [1.54, 1.807) is 0 Å². The summed E-state index contributed by atoms with van der Waals surface area (Å²) in [5.74, 6) is 1.47. The first-order chi connectivity index (χ1) is 8.78. The van der Waals surface area contributed by atoms with E-state index in [2.05, 4.69) is 17.1 Å². The largest absolute Gasteiger partial charge is 0.337 e. The summed E-state index contributed by atoms with van der Waals surface area (Å²) in [5, 5.41) is 7.21. The number of amides is 1. The predicted octanol–water partition coefficient (Wildman–Crippen LogP) is 2.55. The lowest BCUT2D eigenvalue weighted by Gasteiger charge is -2.20. The Morgan fingerprint density at radius 2 is 2.22 bits per heavy atom. The van der Waals surface area contributed by atoms with Crippen molar-refractivity contribution in [2.24, 2.45) is 5.92 Å². The SMILES string of the molecule is CCCN(CC1CC1)C(=O)c1cc(C2CC2)[nH]n1. The third-order valence-corrected chi connectivity index (χ3v) is 3.79. The fourth-order valence-corrected chi connectivity index (χ4v) is 2.37. The second-order valence-corrected chi connectivity index (χ2v) is 5.68. The van der Waals surface area contributed by atoms with Crippen molar-refractivity contribution in [1.29, 1.82) is 0 Å². The number of rotatable bonds is 6. The van der Waals surface area contributed by atoms with Gasteiger partial charge in [-0.3, -0.25) is 9.89 Å². The Kier molecular flexibility index (Phi) is 3.10. The Balaban J connectivity index is 1.68. The van der Waals surface area contributed by atoms with E-state index in [1.165, 1.54) is 25.7 Å². The first kappa shape index (κ1) is 11.8. The van der Waals surface area contributed by atoms with Gasteiger partial charge >= 0.3 is 0 Å². The molecule has 18 heavy (non-hydrogen) atoms. The van der Waals surface area contributed by atoms with Gasteiger partial charge in [-0.1, -0.05) is 6.92 Å². The van der Waals surface area contributed by atoms with Crippen molar-refractivity contribution in [2.45, 2.75) is 44.9 Å². The number of carbonyl (C=O) groups is 1. The Labute approximate surface area is 108 Å². The maximum Gasteiger partial charge on any atom is 0.274 e. The molecule has 0 radical (unpaired) electrons. The molecule has 1 amide bonds. The number of carbonyl (C=O) groups excluding carboxylic acids is 1. The monoisotopic (exact) mass is 247 g/mol. The second-order valence-electron chi connectivity index (χ2n) is 5.68. The lowest BCUT2D eigenvalue weighted by atomic mass is 10.2. The minimum Gasteiger partial charge on any atom is -0.337 e. The van der Waals surface area contributed by atoms with Crippen LogP contribution in [0.5, 0.6) is 0 Å². The molecule has 3 rings (SSSR count). The average molecular weight is 247 g/mol. The molecule has 0 saturated heterocycles. The van der Waals surface area contributed by atoms with Crippen LogP contribution in [-0.2, 0) is 0 Å². The summed E-state index contributed by atoms with van der Waals surface area (Å²) < 4.78 is 0. The molecule has 98 valence electrons. The first-order valence-corrected chi connectivity index (χ1v) is 7.12. The summed E-state index contributed by atoms with van der Waals surface area (Å²) in [6.07, 6.45) is 6.04. The van der Waals surface area contributed by atoms with E-state index >= 15 is 0 Å². The van der Waals surface area contributed by atoms with E-state index in [9.17, 15) is 4.79 Å². The van der Waals surface area contributed by atoms with Gasteiger partial charge in [-0.15, -0.1) is 0 Å². The smallest absolute Gasteiger partial charge is 0.274 e. The van der Waals surface area contributed by atoms with Crippen LogP contribution in [0.1, 0.15) is 61.1 Å². The molecule has 1 N–H and O–H groups in total. The van der Waals surface area contributed by atoms with Crippen LogP contribution in [0.2, 0.25) is 0 Å². The third kappa shape index (κ3) is 2.57. The number of aromatic amines is 1. The van der Waals surface area contributed by atoms with Gasteiger partial charge in [-0.05, 0) is 44.1 Å². The van der Waals surface area contributed by atoms with E-state index in [-0.39, 0.29) is 5.91 Å². The van der Waals surface area contributed by atoms with E-state index in [1.807, 2.05) is 11.0 Å². The molecular formula is C14H21N3O. The van der Waals surface area contributed by atoms with Crippen LogP contribution >= 0.6 is 0 Å². The van der Waals surface area contributed by atoms with Gasteiger partial charge in [0, 0.05) is 24.7 Å². The van der Waals surface area contributed by atoms with Crippen LogP contribution < -0.4 is 0 Å². The summed E-state index contributed by atoms with van der Waals surface area (Å²) in [6, 6.07) is 1.95. The molecule has 0 bridgehead atoms. The summed E-state index contributed by atoms with van der Waals surface area (Å²) in [6.45, 7) is 3.88. The maximum atomic E-state index is 12.4. The highest BCUT2D eigenvalue weighted by molar-refractivity contribution is 5.92. The Hall–Kier alpha value is -1.32. The molecule has 1 heterocycles. The Morgan fingerprint density at radius 1 is 1.44 bits per heavy atom. The van der Waals surface area contributed by atoms with Crippen molar-refractivity contribution in [3.63, 3.8) is 0 Å². The van der Waals surface area contributed by atoms with Crippen LogP contribution in [0.4, 0.5) is 0 Å². The minimum atomic E-state index is 0.104. The van der Waals surface area contributed by atoms with Crippen molar-refractivity contribution < 1.29 is 4.79 Å². The highest BCUT2D eigenvalue weighted by Crippen LogP contribution is 2.39. The Morgan fingerprint density at radius 3 is 2.83 bits per heavy atom. The molecule has 2 aliphatic carbocycles. The summed E-state index contributed by atoms with van der Waals surface area (Å²) in [7, 11) is 0. The van der Waals surface area contributed by atoms with Crippen molar-refractivity contribution in [2.75, 3.05) is 13.1 Å². The van der Waals surface area contributed by atoms with Crippen LogP contribution in [0.15, 0.2) is 6.07 Å². The zero-order valence-electron chi connectivity index (χ0n) is 11.0. The predicted molar refractivity (Wildman–Crippen MR) is 69.5 cm³/mol.